The number of urea groups is 1. The fraction of sp³-hybridized carbons (Fsp3) is 0.375. The summed E-state index contributed by atoms with van der Waals surface area (Å²) in [5.41, 5.74) is 1.97. The zero-order valence-electron chi connectivity index (χ0n) is 12.4. The molecule has 1 heterocycles. The number of rotatable bonds is 4. The minimum absolute atomic E-state index is 0.296. The number of nitrogens with zero attached hydrogens (tertiary/aromatic N) is 1. The molecule has 1 aliphatic rings. The molecule has 1 aromatic heterocycles. The average molecular weight is 317 g/mol. The molecule has 2 amide bonds. The molecule has 116 valence electrons. The number of nitrogens with one attached hydrogen (secondary N) is 2. The van der Waals surface area contributed by atoms with Crippen LogP contribution in [0.25, 0.3) is 10.6 Å². The molecular formula is C16H19N3O2S. The Hall–Kier alpha value is -1.92. The number of carbonyl (C=O) groups is 1. The van der Waals surface area contributed by atoms with Crippen molar-refractivity contribution in [2.24, 2.45) is 0 Å². The molecule has 1 fully saturated rings. The quantitative estimate of drug-likeness (QED) is 0.811. The van der Waals surface area contributed by atoms with Gasteiger partial charge in [-0.15, -0.1) is 11.3 Å². The van der Waals surface area contributed by atoms with E-state index in [1.165, 1.54) is 0 Å². The summed E-state index contributed by atoms with van der Waals surface area (Å²) in [7, 11) is 0. The monoisotopic (exact) mass is 317 g/mol. The van der Waals surface area contributed by atoms with E-state index in [-0.39, 0.29) is 6.03 Å². The van der Waals surface area contributed by atoms with Crippen LogP contribution in [0.15, 0.2) is 29.6 Å². The summed E-state index contributed by atoms with van der Waals surface area (Å²) in [6, 6.07) is 7.30. The fourth-order valence-corrected chi connectivity index (χ4v) is 3.19. The Morgan fingerprint density at radius 1 is 1.45 bits per heavy atom. The van der Waals surface area contributed by atoms with Gasteiger partial charge < -0.3 is 15.7 Å². The molecule has 0 atom stereocenters. The van der Waals surface area contributed by atoms with Gasteiger partial charge in [0.25, 0.3) is 0 Å². The maximum atomic E-state index is 11.9. The zero-order valence-corrected chi connectivity index (χ0v) is 13.2. The van der Waals surface area contributed by atoms with Gasteiger partial charge in [-0.1, -0.05) is 12.1 Å². The van der Waals surface area contributed by atoms with Crippen LogP contribution in [0.1, 0.15) is 25.0 Å². The lowest BCUT2D eigenvalue weighted by molar-refractivity contribution is -0.0287. The van der Waals surface area contributed by atoms with E-state index < -0.39 is 5.60 Å². The van der Waals surface area contributed by atoms with Crippen LogP contribution in [-0.4, -0.2) is 28.3 Å². The van der Waals surface area contributed by atoms with E-state index in [4.69, 9.17) is 0 Å². The predicted molar refractivity (Wildman–Crippen MR) is 88.1 cm³/mol. The van der Waals surface area contributed by atoms with Gasteiger partial charge in [-0.2, -0.15) is 0 Å². The normalized spacial score (nSPS) is 15.9. The zero-order chi connectivity index (χ0) is 15.6. The third kappa shape index (κ3) is 3.45. The number of hydrogen-bond acceptors (Lipinski definition) is 4. The van der Waals surface area contributed by atoms with Crippen molar-refractivity contribution in [2.75, 3.05) is 11.9 Å². The Bertz CT molecular complexity index is 680. The Morgan fingerprint density at radius 3 is 2.91 bits per heavy atom. The van der Waals surface area contributed by atoms with Gasteiger partial charge in [-0.05, 0) is 38.3 Å². The molecule has 3 rings (SSSR count). The number of aryl methyl sites for hydroxylation is 1. The van der Waals surface area contributed by atoms with Crippen LogP contribution in [0.5, 0.6) is 0 Å². The van der Waals surface area contributed by atoms with Gasteiger partial charge in [0.2, 0.25) is 0 Å². The number of aromatic nitrogens is 1. The molecular weight excluding hydrogens is 298 g/mol. The molecule has 0 radical (unpaired) electrons. The lowest BCUT2D eigenvalue weighted by atomic mass is 9.80. The highest BCUT2D eigenvalue weighted by atomic mass is 32.1. The number of carbonyl (C=O) groups excluding carboxylic acids is 1. The van der Waals surface area contributed by atoms with Crippen LogP contribution in [-0.2, 0) is 0 Å². The molecule has 1 aliphatic carbocycles. The Kier molecular flexibility index (Phi) is 4.13. The summed E-state index contributed by atoms with van der Waals surface area (Å²) in [5, 5.41) is 18.4. The number of benzene rings is 1. The molecule has 5 nitrogen and oxygen atoms in total. The Labute approximate surface area is 133 Å². The summed E-state index contributed by atoms with van der Waals surface area (Å²) in [6.07, 6.45) is 2.54. The van der Waals surface area contributed by atoms with Crippen molar-refractivity contribution < 1.29 is 9.90 Å². The van der Waals surface area contributed by atoms with E-state index in [2.05, 4.69) is 15.6 Å². The van der Waals surface area contributed by atoms with Crippen molar-refractivity contribution in [1.82, 2.24) is 10.3 Å². The van der Waals surface area contributed by atoms with Crippen LogP contribution in [0.4, 0.5) is 10.5 Å². The van der Waals surface area contributed by atoms with Crippen molar-refractivity contribution in [1.29, 1.82) is 0 Å². The molecule has 0 saturated heterocycles. The van der Waals surface area contributed by atoms with E-state index in [0.29, 0.717) is 12.2 Å². The van der Waals surface area contributed by atoms with Gasteiger partial charge >= 0.3 is 6.03 Å². The van der Waals surface area contributed by atoms with Gasteiger partial charge in [0, 0.05) is 28.9 Å². The third-order valence-electron chi connectivity index (χ3n) is 3.85. The van der Waals surface area contributed by atoms with Gasteiger partial charge in [0.05, 0.1) is 5.60 Å². The molecule has 0 aliphatic heterocycles. The molecule has 6 heteroatoms. The average Bonchev–Trinajstić information content (AvgIpc) is 2.90. The van der Waals surface area contributed by atoms with Crippen LogP contribution in [0, 0.1) is 6.92 Å². The molecule has 22 heavy (non-hydrogen) atoms. The first-order valence-corrected chi connectivity index (χ1v) is 8.22. The van der Waals surface area contributed by atoms with Crippen LogP contribution >= 0.6 is 11.3 Å². The lowest BCUT2D eigenvalue weighted by Crippen LogP contribution is -2.48. The molecule has 2 aromatic rings. The molecule has 0 bridgehead atoms. The molecule has 0 spiro atoms. The van der Waals surface area contributed by atoms with Crippen molar-refractivity contribution >= 4 is 23.1 Å². The summed E-state index contributed by atoms with van der Waals surface area (Å²) in [6.45, 7) is 2.25. The fourth-order valence-electron chi connectivity index (χ4n) is 2.40. The number of amides is 2. The highest BCUT2D eigenvalue weighted by Crippen LogP contribution is 2.30. The number of hydrogen-bond donors (Lipinski definition) is 3. The summed E-state index contributed by atoms with van der Waals surface area (Å²) < 4.78 is 0. The van der Waals surface area contributed by atoms with E-state index in [1.54, 1.807) is 11.3 Å². The largest absolute Gasteiger partial charge is 0.388 e. The maximum Gasteiger partial charge on any atom is 0.319 e. The highest BCUT2D eigenvalue weighted by molar-refractivity contribution is 7.13. The van der Waals surface area contributed by atoms with Gasteiger partial charge in [0.1, 0.15) is 5.01 Å². The summed E-state index contributed by atoms with van der Waals surface area (Å²) in [4.78, 5) is 16.4. The number of thiazole rings is 1. The second-order valence-corrected chi connectivity index (χ2v) is 6.62. The smallest absolute Gasteiger partial charge is 0.319 e. The van der Waals surface area contributed by atoms with Crippen molar-refractivity contribution in [2.45, 2.75) is 31.8 Å². The number of anilines is 1. The van der Waals surface area contributed by atoms with E-state index in [9.17, 15) is 9.90 Å². The first-order valence-electron chi connectivity index (χ1n) is 7.34. The Balaban J connectivity index is 1.61. The molecule has 1 saturated carbocycles. The topological polar surface area (TPSA) is 74.2 Å². The maximum absolute atomic E-state index is 11.9. The van der Waals surface area contributed by atoms with Crippen molar-refractivity contribution in [3.63, 3.8) is 0 Å². The second-order valence-electron chi connectivity index (χ2n) is 5.76. The Morgan fingerprint density at radius 2 is 2.27 bits per heavy atom. The molecule has 1 aromatic carbocycles. The SMILES string of the molecule is Cc1csc(-c2cccc(NC(=O)NCC3(O)CCC3)c2)n1. The van der Waals surface area contributed by atoms with E-state index in [1.807, 2.05) is 36.6 Å². The van der Waals surface area contributed by atoms with E-state index in [0.717, 1.165) is 35.5 Å². The van der Waals surface area contributed by atoms with Crippen LogP contribution < -0.4 is 10.6 Å². The second kappa shape index (κ2) is 6.06. The number of aliphatic hydroxyl groups is 1. The third-order valence-corrected chi connectivity index (χ3v) is 4.86. The van der Waals surface area contributed by atoms with Crippen LogP contribution in [0.3, 0.4) is 0 Å². The lowest BCUT2D eigenvalue weighted by Gasteiger charge is -2.36. The van der Waals surface area contributed by atoms with Crippen molar-refractivity contribution in [3.05, 3.63) is 35.3 Å². The minimum Gasteiger partial charge on any atom is -0.388 e. The summed E-state index contributed by atoms with van der Waals surface area (Å²) >= 11 is 1.58. The molecule has 3 N–H and O–H groups in total. The predicted octanol–water partition coefficient (Wildman–Crippen LogP) is 3.16. The van der Waals surface area contributed by atoms with Gasteiger partial charge in [-0.25, -0.2) is 9.78 Å². The minimum atomic E-state index is -0.711. The first kappa shape index (κ1) is 15.0. The van der Waals surface area contributed by atoms with Crippen molar-refractivity contribution in [3.8, 4) is 10.6 Å². The highest BCUT2D eigenvalue weighted by Gasteiger charge is 2.34. The standard InChI is InChI=1S/C16H19N3O2S/c1-11-9-22-14(18-11)12-4-2-5-13(8-12)19-15(20)17-10-16(21)6-3-7-16/h2,4-5,8-9,21H,3,6-7,10H2,1H3,(H2,17,19,20). The summed E-state index contributed by atoms with van der Waals surface area (Å²) in [5.74, 6) is 0. The van der Waals surface area contributed by atoms with Crippen LogP contribution in [0.2, 0.25) is 0 Å². The van der Waals surface area contributed by atoms with E-state index >= 15 is 0 Å². The first-order chi connectivity index (χ1) is 10.5. The molecule has 0 unspecified atom stereocenters. The van der Waals surface area contributed by atoms with Gasteiger partial charge in [-0.3, -0.25) is 0 Å². The van der Waals surface area contributed by atoms with Gasteiger partial charge in [0.15, 0.2) is 0 Å².